The Kier molecular flexibility index (Phi) is 4.05. The minimum absolute atomic E-state index is 0.162. The summed E-state index contributed by atoms with van der Waals surface area (Å²) < 4.78 is 1.73. The fourth-order valence-electron chi connectivity index (χ4n) is 2.06. The number of nitrogens with two attached hydrogens (primary N) is 1. The Morgan fingerprint density at radius 2 is 2.15 bits per heavy atom. The number of hydrogen-bond donors (Lipinski definition) is 3. The highest BCUT2D eigenvalue weighted by Crippen LogP contribution is 2.16. The van der Waals surface area contributed by atoms with Crippen LogP contribution in [0.2, 0.25) is 0 Å². The van der Waals surface area contributed by atoms with Crippen LogP contribution in [0, 0.1) is 13.8 Å². The standard InChI is InChI=1S/C14H19N5O/c1-9-4-5-13(17-15)12(6-9)14(20)16-7-11-8-19(3)18-10(11)2/h4-6,8,17H,7,15H2,1-3H3,(H,16,20). The van der Waals surface area contributed by atoms with Crippen molar-refractivity contribution in [3.8, 4) is 0 Å². The number of nitrogens with one attached hydrogen (secondary N) is 2. The van der Waals surface area contributed by atoms with Crippen molar-refractivity contribution < 1.29 is 4.79 Å². The molecule has 106 valence electrons. The number of carbonyl (C=O) groups excluding carboxylic acids is 1. The van der Waals surface area contributed by atoms with E-state index in [1.807, 2.05) is 33.2 Å². The van der Waals surface area contributed by atoms with E-state index in [1.54, 1.807) is 16.8 Å². The SMILES string of the molecule is Cc1ccc(NN)c(C(=O)NCc2cn(C)nc2C)c1. The topological polar surface area (TPSA) is 85.0 Å². The zero-order chi connectivity index (χ0) is 14.7. The molecule has 6 heteroatoms. The molecule has 0 aliphatic rings. The quantitative estimate of drug-likeness (QED) is 0.578. The second-order valence-corrected chi connectivity index (χ2v) is 4.79. The molecule has 6 nitrogen and oxygen atoms in total. The first-order valence-electron chi connectivity index (χ1n) is 6.36. The number of carbonyl (C=O) groups is 1. The van der Waals surface area contributed by atoms with Crippen molar-refractivity contribution in [1.82, 2.24) is 15.1 Å². The fraction of sp³-hybridized carbons (Fsp3) is 0.286. The summed E-state index contributed by atoms with van der Waals surface area (Å²) in [7, 11) is 1.86. The van der Waals surface area contributed by atoms with Crippen LogP contribution in [-0.2, 0) is 13.6 Å². The molecule has 0 fully saturated rings. The minimum atomic E-state index is -0.162. The van der Waals surface area contributed by atoms with Gasteiger partial charge in [-0.2, -0.15) is 5.10 Å². The number of amides is 1. The Labute approximate surface area is 117 Å². The van der Waals surface area contributed by atoms with Gasteiger partial charge in [-0.15, -0.1) is 0 Å². The number of anilines is 1. The molecule has 2 rings (SSSR count). The molecule has 1 amide bonds. The van der Waals surface area contributed by atoms with Gasteiger partial charge in [-0.1, -0.05) is 11.6 Å². The number of hydrogen-bond acceptors (Lipinski definition) is 4. The van der Waals surface area contributed by atoms with Crippen LogP contribution in [0.5, 0.6) is 0 Å². The van der Waals surface area contributed by atoms with Gasteiger partial charge in [-0.05, 0) is 26.0 Å². The average molecular weight is 273 g/mol. The van der Waals surface area contributed by atoms with Crippen LogP contribution in [0.4, 0.5) is 5.69 Å². The maximum atomic E-state index is 12.2. The van der Waals surface area contributed by atoms with Gasteiger partial charge in [0, 0.05) is 25.4 Å². The van der Waals surface area contributed by atoms with E-state index in [1.165, 1.54) is 0 Å². The molecule has 0 radical (unpaired) electrons. The molecule has 0 aliphatic heterocycles. The van der Waals surface area contributed by atoms with Crippen LogP contribution in [0.1, 0.15) is 27.2 Å². The van der Waals surface area contributed by atoms with Crippen molar-refractivity contribution in [1.29, 1.82) is 0 Å². The molecule has 1 heterocycles. The van der Waals surface area contributed by atoms with Gasteiger partial charge in [0.05, 0.1) is 16.9 Å². The third-order valence-corrected chi connectivity index (χ3v) is 3.13. The molecular weight excluding hydrogens is 254 g/mol. The molecule has 4 N–H and O–H groups in total. The van der Waals surface area contributed by atoms with Crippen molar-refractivity contribution in [2.45, 2.75) is 20.4 Å². The van der Waals surface area contributed by atoms with Crippen molar-refractivity contribution in [3.05, 3.63) is 46.8 Å². The molecule has 0 spiro atoms. The predicted octanol–water partition coefficient (Wildman–Crippen LogP) is 1.25. The number of rotatable bonds is 4. The molecular formula is C14H19N5O. The lowest BCUT2D eigenvalue weighted by Crippen LogP contribution is -2.25. The summed E-state index contributed by atoms with van der Waals surface area (Å²) in [6.45, 7) is 4.29. The van der Waals surface area contributed by atoms with Gasteiger partial charge < -0.3 is 10.7 Å². The zero-order valence-corrected chi connectivity index (χ0v) is 11.9. The molecule has 0 saturated heterocycles. The molecule has 2 aromatic rings. The Morgan fingerprint density at radius 3 is 2.75 bits per heavy atom. The van der Waals surface area contributed by atoms with E-state index < -0.39 is 0 Å². The van der Waals surface area contributed by atoms with Crippen molar-refractivity contribution in [2.75, 3.05) is 5.43 Å². The summed E-state index contributed by atoms with van der Waals surface area (Å²) in [6.07, 6.45) is 1.90. The Bertz CT molecular complexity index is 632. The van der Waals surface area contributed by atoms with Gasteiger partial charge in [0.25, 0.3) is 5.91 Å². The Hall–Kier alpha value is -2.34. The number of nitrogen functional groups attached to an aromatic ring is 1. The third kappa shape index (κ3) is 2.97. The summed E-state index contributed by atoms with van der Waals surface area (Å²) in [5.41, 5.74) is 6.60. The summed E-state index contributed by atoms with van der Waals surface area (Å²) in [4.78, 5) is 12.2. The number of benzene rings is 1. The van der Waals surface area contributed by atoms with Gasteiger partial charge in [0.2, 0.25) is 0 Å². The maximum Gasteiger partial charge on any atom is 0.253 e. The van der Waals surface area contributed by atoms with E-state index in [4.69, 9.17) is 5.84 Å². The molecule has 0 unspecified atom stereocenters. The minimum Gasteiger partial charge on any atom is -0.348 e. The maximum absolute atomic E-state index is 12.2. The fourth-order valence-corrected chi connectivity index (χ4v) is 2.06. The van der Waals surface area contributed by atoms with Crippen LogP contribution in [-0.4, -0.2) is 15.7 Å². The number of nitrogens with zero attached hydrogens (tertiary/aromatic N) is 2. The third-order valence-electron chi connectivity index (χ3n) is 3.13. The molecule has 20 heavy (non-hydrogen) atoms. The van der Waals surface area contributed by atoms with Crippen molar-refractivity contribution in [2.24, 2.45) is 12.9 Å². The first-order chi connectivity index (χ1) is 9.51. The normalized spacial score (nSPS) is 10.4. The summed E-state index contributed by atoms with van der Waals surface area (Å²) in [5.74, 6) is 5.27. The molecule has 0 bridgehead atoms. The van der Waals surface area contributed by atoms with Gasteiger partial charge in [-0.25, -0.2) is 0 Å². The second-order valence-electron chi connectivity index (χ2n) is 4.79. The molecule has 0 aliphatic carbocycles. The van der Waals surface area contributed by atoms with Crippen LogP contribution < -0.4 is 16.6 Å². The smallest absolute Gasteiger partial charge is 0.253 e. The van der Waals surface area contributed by atoms with Gasteiger partial charge in [0.1, 0.15) is 0 Å². The number of hydrazine groups is 1. The summed E-state index contributed by atoms with van der Waals surface area (Å²) >= 11 is 0. The average Bonchev–Trinajstić information content (AvgIpc) is 2.74. The Morgan fingerprint density at radius 1 is 1.40 bits per heavy atom. The van der Waals surface area contributed by atoms with Gasteiger partial charge >= 0.3 is 0 Å². The van der Waals surface area contributed by atoms with Gasteiger partial charge in [-0.3, -0.25) is 15.3 Å². The second kappa shape index (κ2) is 5.75. The van der Waals surface area contributed by atoms with Gasteiger partial charge in [0.15, 0.2) is 0 Å². The van der Waals surface area contributed by atoms with Crippen molar-refractivity contribution >= 4 is 11.6 Å². The van der Waals surface area contributed by atoms with Crippen LogP contribution in [0.25, 0.3) is 0 Å². The zero-order valence-electron chi connectivity index (χ0n) is 11.9. The summed E-state index contributed by atoms with van der Waals surface area (Å²) in [6, 6.07) is 5.50. The highest BCUT2D eigenvalue weighted by Gasteiger charge is 2.12. The highest BCUT2D eigenvalue weighted by molar-refractivity contribution is 5.99. The lowest BCUT2D eigenvalue weighted by molar-refractivity contribution is 0.0951. The molecule has 1 aromatic heterocycles. The summed E-state index contributed by atoms with van der Waals surface area (Å²) in [5, 5.41) is 7.13. The van der Waals surface area contributed by atoms with E-state index in [2.05, 4.69) is 15.8 Å². The van der Waals surface area contributed by atoms with E-state index >= 15 is 0 Å². The number of aryl methyl sites for hydroxylation is 3. The molecule has 1 aromatic carbocycles. The Balaban J connectivity index is 2.12. The van der Waals surface area contributed by atoms with Crippen LogP contribution in [0.3, 0.4) is 0 Å². The lowest BCUT2D eigenvalue weighted by atomic mass is 10.1. The van der Waals surface area contributed by atoms with Crippen LogP contribution in [0.15, 0.2) is 24.4 Å². The largest absolute Gasteiger partial charge is 0.348 e. The monoisotopic (exact) mass is 273 g/mol. The first kappa shape index (κ1) is 14.1. The van der Waals surface area contributed by atoms with E-state index in [0.29, 0.717) is 17.8 Å². The first-order valence-corrected chi connectivity index (χ1v) is 6.36. The number of aromatic nitrogens is 2. The molecule has 0 atom stereocenters. The predicted molar refractivity (Wildman–Crippen MR) is 78.1 cm³/mol. The van der Waals surface area contributed by atoms with E-state index in [0.717, 1.165) is 16.8 Å². The van der Waals surface area contributed by atoms with E-state index in [-0.39, 0.29) is 5.91 Å². The van der Waals surface area contributed by atoms with Crippen molar-refractivity contribution in [3.63, 3.8) is 0 Å². The van der Waals surface area contributed by atoms with Crippen LogP contribution >= 0.6 is 0 Å². The highest BCUT2D eigenvalue weighted by atomic mass is 16.1. The lowest BCUT2D eigenvalue weighted by Gasteiger charge is -2.10. The van der Waals surface area contributed by atoms with E-state index in [9.17, 15) is 4.79 Å². The molecule has 0 saturated carbocycles.